The molecule has 0 aromatic heterocycles. The molecule has 0 spiro atoms. The van der Waals surface area contributed by atoms with Gasteiger partial charge in [-0.2, -0.15) is 0 Å². The van der Waals surface area contributed by atoms with Gasteiger partial charge in [-0.15, -0.1) is 0 Å². The van der Waals surface area contributed by atoms with Crippen LogP contribution in [0.3, 0.4) is 0 Å². The maximum absolute atomic E-state index is 12.6. The molecule has 2 heterocycles. The van der Waals surface area contributed by atoms with E-state index in [1.54, 1.807) is 0 Å². The highest BCUT2D eigenvalue weighted by atomic mass is 16.5. The van der Waals surface area contributed by atoms with Crippen LogP contribution < -0.4 is 5.73 Å². The molecule has 1 aromatic rings. The molecule has 3 rings (SSSR count). The quantitative estimate of drug-likeness (QED) is 0.827. The highest BCUT2D eigenvalue weighted by Gasteiger charge is 2.32. The van der Waals surface area contributed by atoms with Gasteiger partial charge in [0, 0.05) is 19.1 Å². The van der Waals surface area contributed by atoms with Crippen molar-refractivity contribution in [2.75, 3.05) is 19.7 Å². The summed E-state index contributed by atoms with van der Waals surface area (Å²) in [7, 11) is 0. The van der Waals surface area contributed by atoms with E-state index in [2.05, 4.69) is 6.07 Å². The fourth-order valence-electron chi connectivity index (χ4n) is 2.97. The minimum atomic E-state index is -0.435. The summed E-state index contributed by atoms with van der Waals surface area (Å²) in [6, 6.07) is 8.18. The number of ether oxygens (including phenoxy) is 1. The van der Waals surface area contributed by atoms with Gasteiger partial charge >= 0.3 is 0 Å². The second kappa shape index (κ2) is 5.31. The van der Waals surface area contributed by atoms with E-state index in [4.69, 9.17) is 10.5 Å². The fourth-order valence-corrected chi connectivity index (χ4v) is 2.97. The number of piperidine rings is 1. The first-order chi connectivity index (χ1) is 9.25. The van der Waals surface area contributed by atoms with Crippen molar-refractivity contribution in [2.24, 2.45) is 5.73 Å². The number of benzene rings is 1. The van der Waals surface area contributed by atoms with E-state index < -0.39 is 6.10 Å². The monoisotopic (exact) mass is 260 g/mol. The van der Waals surface area contributed by atoms with Crippen molar-refractivity contribution in [1.29, 1.82) is 0 Å². The summed E-state index contributed by atoms with van der Waals surface area (Å²) in [5.74, 6) is 0.0716. The van der Waals surface area contributed by atoms with E-state index >= 15 is 0 Å². The number of carbonyl (C=O) groups is 1. The summed E-state index contributed by atoms with van der Waals surface area (Å²) in [5, 5.41) is 0. The number of hydrogen-bond acceptors (Lipinski definition) is 3. The van der Waals surface area contributed by atoms with Crippen LogP contribution in [0.4, 0.5) is 0 Å². The van der Waals surface area contributed by atoms with Gasteiger partial charge < -0.3 is 15.4 Å². The molecule has 4 nitrogen and oxygen atoms in total. The lowest BCUT2D eigenvalue weighted by atomic mass is 9.96. The number of nitrogens with zero attached hydrogens (tertiary/aromatic N) is 1. The Labute approximate surface area is 113 Å². The van der Waals surface area contributed by atoms with Crippen molar-refractivity contribution in [3.63, 3.8) is 0 Å². The van der Waals surface area contributed by atoms with Gasteiger partial charge in [0.15, 0.2) is 6.10 Å². The average Bonchev–Trinajstić information content (AvgIpc) is 2.46. The smallest absolute Gasteiger partial charge is 0.256 e. The first-order valence-corrected chi connectivity index (χ1v) is 6.99. The van der Waals surface area contributed by atoms with Crippen LogP contribution in [0.15, 0.2) is 24.3 Å². The van der Waals surface area contributed by atoms with E-state index in [1.165, 1.54) is 5.56 Å². The van der Waals surface area contributed by atoms with E-state index in [9.17, 15) is 4.79 Å². The molecule has 0 bridgehead atoms. The Kier molecular flexibility index (Phi) is 3.53. The third-order valence-electron chi connectivity index (χ3n) is 3.99. The molecular weight excluding hydrogens is 240 g/mol. The van der Waals surface area contributed by atoms with E-state index in [1.807, 2.05) is 23.1 Å². The van der Waals surface area contributed by atoms with E-state index in [0.29, 0.717) is 13.2 Å². The van der Waals surface area contributed by atoms with Crippen LogP contribution in [0.1, 0.15) is 30.1 Å². The molecule has 4 heteroatoms. The zero-order valence-corrected chi connectivity index (χ0v) is 11.0. The second-order valence-electron chi connectivity index (χ2n) is 5.39. The van der Waals surface area contributed by atoms with E-state index in [0.717, 1.165) is 31.4 Å². The molecular formula is C15H20N2O2. The predicted octanol–water partition coefficient (Wildman–Crippen LogP) is 1.25. The van der Waals surface area contributed by atoms with E-state index in [-0.39, 0.29) is 11.9 Å². The van der Waals surface area contributed by atoms with Gasteiger partial charge in [0.2, 0.25) is 0 Å². The third kappa shape index (κ3) is 2.51. The van der Waals surface area contributed by atoms with Crippen LogP contribution in [0.25, 0.3) is 0 Å². The van der Waals surface area contributed by atoms with Gasteiger partial charge in [-0.05, 0) is 30.4 Å². The van der Waals surface area contributed by atoms with Gasteiger partial charge in [-0.3, -0.25) is 4.79 Å². The maximum Gasteiger partial charge on any atom is 0.256 e. The predicted molar refractivity (Wildman–Crippen MR) is 72.6 cm³/mol. The Morgan fingerprint density at radius 2 is 2.21 bits per heavy atom. The molecule has 2 N–H and O–H groups in total. The normalized spacial score (nSPS) is 26.9. The van der Waals surface area contributed by atoms with Crippen LogP contribution in [-0.2, 0) is 16.0 Å². The molecule has 1 amide bonds. The topological polar surface area (TPSA) is 55.6 Å². The van der Waals surface area contributed by atoms with Gasteiger partial charge in [-0.1, -0.05) is 24.3 Å². The van der Waals surface area contributed by atoms with Crippen molar-refractivity contribution in [3.8, 4) is 0 Å². The van der Waals surface area contributed by atoms with Gasteiger partial charge in [0.05, 0.1) is 6.61 Å². The molecule has 1 fully saturated rings. The number of rotatable bonds is 1. The molecule has 1 saturated heterocycles. The second-order valence-corrected chi connectivity index (χ2v) is 5.39. The summed E-state index contributed by atoms with van der Waals surface area (Å²) in [6.45, 7) is 2.07. The number of hydrogen-bond donors (Lipinski definition) is 1. The SMILES string of the molecule is N[C@@H]1CCCN(C(=O)C2OCCc3ccccc32)C1. The Hall–Kier alpha value is -1.39. The minimum Gasteiger partial charge on any atom is -0.363 e. The first-order valence-electron chi connectivity index (χ1n) is 6.99. The van der Waals surface area contributed by atoms with Gasteiger partial charge in [0.25, 0.3) is 5.91 Å². The Bertz CT molecular complexity index is 475. The Morgan fingerprint density at radius 3 is 3.05 bits per heavy atom. The average molecular weight is 260 g/mol. The largest absolute Gasteiger partial charge is 0.363 e. The highest BCUT2D eigenvalue weighted by Crippen LogP contribution is 2.29. The van der Waals surface area contributed by atoms with Gasteiger partial charge in [-0.25, -0.2) is 0 Å². The summed E-state index contributed by atoms with van der Waals surface area (Å²) in [5.41, 5.74) is 8.21. The molecule has 2 atom stereocenters. The first kappa shape index (κ1) is 12.6. The lowest BCUT2D eigenvalue weighted by molar-refractivity contribution is -0.146. The fraction of sp³-hybridized carbons (Fsp3) is 0.533. The Morgan fingerprint density at radius 1 is 1.37 bits per heavy atom. The van der Waals surface area contributed by atoms with Crippen LogP contribution in [0, 0.1) is 0 Å². The summed E-state index contributed by atoms with van der Waals surface area (Å²) >= 11 is 0. The van der Waals surface area contributed by atoms with Crippen molar-refractivity contribution < 1.29 is 9.53 Å². The lowest BCUT2D eigenvalue weighted by Gasteiger charge is -2.35. The molecule has 2 aliphatic rings. The summed E-state index contributed by atoms with van der Waals surface area (Å²) < 4.78 is 5.72. The zero-order valence-electron chi connectivity index (χ0n) is 11.0. The van der Waals surface area contributed by atoms with Crippen LogP contribution in [-0.4, -0.2) is 36.5 Å². The third-order valence-corrected chi connectivity index (χ3v) is 3.99. The molecule has 0 saturated carbocycles. The summed E-state index contributed by atoms with van der Waals surface area (Å²) in [6.07, 6.45) is 2.45. The molecule has 1 aromatic carbocycles. The van der Waals surface area contributed by atoms with Gasteiger partial charge in [0.1, 0.15) is 0 Å². The Balaban J connectivity index is 1.81. The molecule has 1 unspecified atom stereocenters. The number of nitrogens with two attached hydrogens (primary N) is 1. The number of likely N-dealkylation sites (tertiary alicyclic amines) is 1. The standard InChI is InChI=1S/C15H20N2O2/c16-12-5-3-8-17(10-12)15(18)14-13-6-2-1-4-11(13)7-9-19-14/h1-2,4,6,12,14H,3,5,7-10,16H2/t12-,14?/m1/s1. The zero-order chi connectivity index (χ0) is 13.2. The molecule has 102 valence electrons. The van der Waals surface area contributed by atoms with Crippen molar-refractivity contribution in [2.45, 2.75) is 31.4 Å². The maximum atomic E-state index is 12.6. The van der Waals surface area contributed by atoms with Crippen molar-refractivity contribution >= 4 is 5.91 Å². The lowest BCUT2D eigenvalue weighted by Crippen LogP contribution is -2.48. The summed E-state index contributed by atoms with van der Waals surface area (Å²) in [4.78, 5) is 14.5. The highest BCUT2D eigenvalue weighted by molar-refractivity contribution is 5.83. The number of carbonyl (C=O) groups excluding carboxylic acids is 1. The van der Waals surface area contributed by atoms with Crippen molar-refractivity contribution in [3.05, 3.63) is 35.4 Å². The minimum absolute atomic E-state index is 0.0716. The molecule has 19 heavy (non-hydrogen) atoms. The van der Waals surface area contributed by atoms with Crippen LogP contribution in [0.5, 0.6) is 0 Å². The van der Waals surface area contributed by atoms with Crippen LogP contribution in [0.2, 0.25) is 0 Å². The molecule has 0 aliphatic carbocycles. The number of amides is 1. The number of fused-ring (bicyclic) bond motifs is 1. The molecule has 0 radical (unpaired) electrons. The molecule has 2 aliphatic heterocycles. The van der Waals surface area contributed by atoms with Crippen molar-refractivity contribution in [1.82, 2.24) is 4.90 Å². The van der Waals surface area contributed by atoms with Crippen LogP contribution >= 0.6 is 0 Å².